The van der Waals surface area contributed by atoms with Gasteiger partial charge in [-0.15, -0.1) is 0 Å². The average molecular weight is 497 g/mol. The summed E-state index contributed by atoms with van der Waals surface area (Å²) >= 11 is 1.54. The number of amides is 1. The van der Waals surface area contributed by atoms with Crippen molar-refractivity contribution in [2.24, 2.45) is 10.7 Å². The third-order valence-corrected chi connectivity index (χ3v) is 6.32. The monoisotopic (exact) mass is 496 g/mol. The number of rotatable bonds is 13. The van der Waals surface area contributed by atoms with Crippen molar-refractivity contribution in [3.8, 4) is 11.1 Å². The Morgan fingerprint density at radius 2 is 1.91 bits per heavy atom. The highest BCUT2D eigenvalue weighted by atomic mass is 32.2. The summed E-state index contributed by atoms with van der Waals surface area (Å²) in [6, 6.07) is 14.4. The van der Waals surface area contributed by atoms with E-state index in [1.807, 2.05) is 35.2 Å². The first-order valence-corrected chi connectivity index (χ1v) is 13.0. The minimum absolute atomic E-state index is 0.0369. The van der Waals surface area contributed by atoms with Gasteiger partial charge < -0.3 is 20.5 Å². The van der Waals surface area contributed by atoms with Crippen molar-refractivity contribution in [2.45, 2.75) is 38.0 Å². The molecule has 8 heteroatoms. The van der Waals surface area contributed by atoms with Gasteiger partial charge in [0.2, 0.25) is 5.91 Å². The highest BCUT2D eigenvalue weighted by molar-refractivity contribution is 7.97. The fourth-order valence-electron chi connectivity index (χ4n) is 3.92. The number of amidine groups is 1. The van der Waals surface area contributed by atoms with Crippen LogP contribution in [0.3, 0.4) is 0 Å². The van der Waals surface area contributed by atoms with Crippen LogP contribution in [0.2, 0.25) is 0 Å². The highest BCUT2D eigenvalue weighted by Crippen LogP contribution is 2.33. The third kappa shape index (κ3) is 7.93. The molecule has 0 aromatic heterocycles. The molecule has 35 heavy (non-hydrogen) atoms. The van der Waals surface area contributed by atoms with Gasteiger partial charge in [0.05, 0.1) is 25.5 Å². The quantitative estimate of drug-likeness (QED) is 0.281. The van der Waals surface area contributed by atoms with Crippen LogP contribution in [0.5, 0.6) is 0 Å². The third-order valence-electron chi connectivity index (χ3n) is 5.49. The molecule has 1 aliphatic heterocycles. The van der Waals surface area contributed by atoms with Crippen LogP contribution in [0.1, 0.15) is 38.7 Å². The Morgan fingerprint density at radius 1 is 1.14 bits per heavy atom. The predicted octanol–water partition coefficient (Wildman–Crippen LogP) is 4.38. The Hall–Kier alpha value is -2.65. The molecule has 2 aromatic carbocycles. The summed E-state index contributed by atoms with van der Waals surface area (Å²) in [4.78, 5) is 20.8. The number of carbonyl (C=O) groups is 1. The lowest BCUT2D eigenvalue weighted by molar-refractivity contribution is -0.127. The Morgan fingerprint density at radius 3 is 2.66 bits per heavy atom. The summed E-state index contributed by atoms with van der Waals surface area (Å²) in [6.07, 6.45) is 4.14. The number of aliphatic imine (C=N–C) groups is 1. The number of aliphatic hydroxyl groups is 1. The van der Waals surface area contributed by atoms with E-state index in [0.717, 1.165) is 53.2 Å². The van der Waals surface area contributed by atoms with Crippen molar-refractivity contribution in [2.75, 3.05) is 39.5 Å². The van der Waals surface area contributed by atoms with Gasteiger partial charge in [0.15, 0.2) is 0 Å². The SMILES string of the molecule is CCCN(CCC)C(=O)C1=Cc2ccc(-c3cccc(SNCCOCCO)c3)cc2N=C(N)C1. The van der Waals surface area contributed by atoms with E-state index in [4.69, 9.17) is 15.6 Å². The van der Waals surface area contributed by atoms with E-state index in [9.17, 15) is 4.79 Å². The molecule has 0 atom stereocenters. The number of ether oxygens (including phenoxy) is 1. The number of carbonyl (C=O) groups excluding carboxylic acids is 1. The maximum atomic E-state index is 13.2. The molecule has 1 amide bonds. The van der Waals surface area contributed by atoms with Crippen LogP contribution in [0.15, 0.2) is 57.9 Å². The van der Waals surface area contributed by atoms with Gasteiger partial charge in [-0.25, -0.2) is 4.99 Å². The normalized spacial score (nSPS) is 13.0. The van der Waals surface area contributed by atoms with Crippen LogP contribution in [0.4, 0.5) is 5.69 Å². The lowest BCUT2D eigenvalue weighted by Gasteiger charge is -2.22. The summed E-state index contributed by atoms with van der Waals surface area (Å²) in [5, 5.41) is 8.76. The van der Waals surface area contributed by atoms with E-state index in [1.165, 1.54) is 0 Å². The lowest BCUT2D eigenvalue weighted by Crippen LogP contribution is -2.34. The first kappa shape index (κ1) is 26.9. The van der Waals surface area contributed by atoms with Crippen LogP contribution < -0.4 is 10.5 Å². The summed E-state index contributed by atoms with van der Waals surface area (Å²) in [5.41, 5.74) is 10.7. The fraction of sp³-hybridized carbons (Fsp3) is 0.407. The molecule has 0 aliphatic carbocycles. The largest absolute Gasteiger partial charge is 0.394 e. The number of benzene rings is 2. The van der Waals surface area contributed by atoms with Crippen molar-refractivity contribution < 1.29 is 14.6 Å². The highest BCUT2D eigenvalue weighted by Gasteiger charge is 2.21. The zero-order valence-electron chi connectivity index (χ0n) is 20.6. The minimum atomic E-state index is 0.0369. The molecule has 0 bridgehead atoms. The van der Waals surface area contributed by atoms with E-state index < -0.39 is 0 Å². The topological polar surface area (TPSA) is 100 Å². The number of nitrogens with one attached hydrogen (secondary N) is 1. The van der Waals surface area contributed by atoms with Crippen molar-refractivity contribution in [3.05, 3.63) is 53.6 Å². The van der Waals surface area contributed by atoms with Crippen molar-refractivity contribution in [3.63, 3.8) is 0 Å². The van der Waals surface area contributed by atoms with Gasteiger partial charge in [0, 0.05) is 42.1 Å². The number of hydrogen-bond acceptors (Lipinski definition) is 7. The number of aliphatic hydroxyl groups excluding tert-OH is 1. The van der Waals surface area contributed by atoms with Gasteiger partial charge in [-0.2, -0.15) is 0 Å². The number of hydrogen-bond donors (Lipinski definition) is 3. The van der Waals surface area contributed by atoms with Gasteiger partial charge in [-0.05, 0) is 60.2 Å². The van der Waals surface area contributed by atoms with Gasteiger partial charge in [0.1, 0.15) is 5.84 Å². The van der Waals surface area contributed by atoms with Crippen LogP contribution >= 0.6 is 11.9 Å². The maximum Gasteiger partial charge on any atom is 0.250 e. The fourth-order valence-corrected chi connectivity index (χ4v) is 4.60. The molecule has 4 N–H and O–H groups in total. The molecule has 188 valence electrons. The molecule has 1 heterocycles. The zero-order valence-corrected chi connectivity index (χ0v) is 21.4. The molecule has 7 nitrogen and oxygen atoms in total. The van der Waals surface area contributed by atoms with Crippen LogP contribution in [-0.2, 0) is 9.53 Å². The molecule has 3 rings (SSSR count). The summed E-state index contributed by atoms with van der Waals surface area (Å²) in [6.45, 7) is 7.27. The second-order valence-electron chi connectivity index (χ2n) is 8.38. The van der Waals surface area contributed by atoms with Crippen molar-refractivity contribution in [1.29, 1.82) is 0 Å². The number of nitrogens with zero attached hydrogens (tertiary/aromatic N) is 2. The lowest BCUT2D eigenvalue weighted by atomic mass is 10.0. The Balaban J connectivity index is 1.77. The van der Waals surface area contributed by atoms with Gasteiger partial charge in [0.25, 0.3) is 0 Å². The molecule has 0 fully saturated rings. The molecule has 1 aliphatic rings. The van der Waals surface area contributed by atoms with E-state index in [-0.39, 0.29) is 12.5 Å². The van der Waals surface area contributed by atoms with Crippen LogP contribution in [-0.4, -0.2) is 61.2 Å². The smallest absolute Gasteiger partial charge is 0.250 e. The van der Waals surface area contributed by atoms with Gasteiger partial charge >= 0.3 is 0 Å². The summed E-state index contributed by atoms with van der Waals surface area (Å²) < 4.78 is 8.54. The Labute approximate surface area is 212 Å². The van der Waals surface area contributed by atoms with E-state index in [1.54, 1.807) is 11.9 Å². The standard InChI is InChI=1S/C27H36N4O3S/c1-3-11-31(12-4-2)27(33)23-16-22-9-8-21(18-25(22)30-26(28)19-23)20-6-5-7-24(17-20)35-29-10-14-34-15-13-32/h5-9,16-18,29,32H,3-4,10-15,19H2,1-2H3,(H2,28,30). The van der Waals surface area contributed by atoms with Gasteiger partial charge in [-0.1, -0.05) is 38.1 Å². The molecule has 0 saturated heterocycles. The molecular formula is C27H36N4O3S. The summed E-state index contributed by atoms with van der Waals surface area (Å²) in [7, 11) is 0. The van der Waals surface area contributed by atoms with E-state index in [2.05, 4.69) is 41.8 Å². The van der Waals surface area contributed by atoms with E-state index >= 15 is 0 Å². The maximum absolute atomic E-state index is 13.2. The molecule has 0 spiro atoms. The second kappa shape index (κ2) is 14.0. The second-order valence-corrected chi connectivity index (χ2v) is 9.34. The number of nitrogens with two attached hydrogens (primary N) is 1. The first-order chi connectivity index (χ1) is 17.0. The molecular weight excluding hydrogens is 460 g/mol. The number of fused-ring (bicyclic) bond motifs is 1. The van der Waals surface area contributed by atoms with Crippen molar-refractivity contribution >= 4 is 35.5 Å². The average Bonchev–Trinajstić information content (AvgIpc) is 3.03. The molecule has 0 saturated carbocycles. The van der Waals surface area contributed by atoms with Gasteiger partial charge in [-0.3, -0.25) is 9.52 Å². The van der Waals surface area contributed by atoms with E-state index in [0.29, 0.717) is 37.6 Å². The predicted molar refractivity (Wildman–Crippen MR) is 145 cm³/mol. The molecule has 2 aromatic rings. The Kier molecular flexibility index (Phi) is 10.8. The Bertz CT molecular complexity index is 1050. The first-order valence-electron chi connectivity index (χ1n) is 12.2. The summed E-state index contributed by atoms with van der Waals surface area (Å²) in [5.74, 6) is 0.494. The molecule has 0 radical (unpaired) electrons. The molecule has 0 unspecified atom stereocenters. The van der Waals surface area contributed by atoms with Crippen LogP contribution in [0, 0.1) is 0 Å². The minimum Gasteiger partial charge on any atom is -0.394 e. The zero-order chi connectivity index (χ0) is 25.0. The van der Waals surface area contributed by atoms with Crippen LogP contribution in [0.25, 0.3) is 17.2 Å². The van der Waals surface area contributed by atoms with Crippen molar-refractivity contribution in [1.82, 2.24) is 9.62 Å².